The van der Waals surface area contributed by atoms with Crippen molar-refractivity contribution in [3.63, 3.8) is 0 Å². The summed E-state index contributed by atoms with van der Waals surface area (Å²) in [6, 6.07) is 1.31. The van der Waals surface area contributed by atoms with Crippen molar-refractivity contribution in [2.75, 3.05) is 0 Å². The van der Waals surface area contributed by atoms with Crippen molar-refractivity contribution < 1.29 is 17.9 Å². The molecule has 0 spiro atoms. The van der Waals surface area contributed by atoms with Crippen molar-refractivity contribution in [3.8, 4) is 5.75 Å². The summed E-state index contributed by atoms with van der Waals surface area (Å²) in [7, 11) is 0. The van der Waals surface area contributed by atoms with Crippen LogP contribution in [0.2, 0.25) is 5.15 Å². The van der Waals surface area contributed by atoms with Gasteiger partial charge >= 0.3 is 6.36 Å². The average Bonchev–Trinajstić information content (AvgIpc) is 2.07. The highest BCUT2D eigenvalue weighted by Gasteiger charge is 2.33. The van der Waals surface area contributed by atoms with Gasteiger partial charge in [0.25, 0.3) is 0 Å². The molecule has 1 rings (SSSR count). The third kappa shape index (κ3) is 3.51. The highest BCUT2D eigenvalue weighted by atomic mass is 79.9. The van der Waals surface area contributed by atoms with Crippen molar-refractivity contribution in [3.05, 3.63) is 21.4 Å². The zero-order chi connectivity index (χ0) is 11.6. The number of hydrogen-bond acceptors (Lipinski definition) is 3. The van der Waals surface area contributed by atoms with Gasteiger partial charge in [-0.2, -0.15) is 0 Å². The molecule has 1 heterocycles. The summed E-state index contributed by atoms with van der Waals surface area (Å²) in [5.41, 5.74) is 5.38. The second kappa shape index (κ2) is 4.54. The van der Waals surface area contributed by atoms with Crippen molar-refractivity contribution >= 4 is 27.5 Å². The maximum atomic E-state index is 12.0. The lowest BCUT2D eigenvalue weighted by Crippen LogP contribution is -2.19. The van der Waals surface area contributed by atoms with Crippen LogP contribution < -0.4 is 10.5 Å². The van der Waals surface area contributed by atoms with Crippen LogP contribution in [-0.4, -0.2) is 11.3 Å². The van der Waals surface area contributed by atoms with Crippen molar-refractivity contribution in [2.24, 2.45) is 5.73 Å². The largest absolute Gasteiger partial charge is 0.573 e. The Morgan fingerprint density at radius 1 is 1.53 bits per heavy atom. The van der Waals surface area contributed by atoms with Crippen LogP contribution in [0.3, 0.4) is 0 Å². The highest BCUT2D eigenvalue weighted by molar-refractivity contribution is 9.10. The van der Waals surface area contributed by atoms with E-state index in [0.717, 1.165) is 0 Å². The van der Waals surface area contributed by atoms with Crippen LogP contribution >= 0.6 is 27.5 Å². The van der Waals surface area contributed by atoms with Crippen molar-refractivity contribution in [2.45, 2.75) is 12.9 Å². The maximum absolute atomic E-state index is 12.0. The Labute approximate surface area is 96.5 Å². The van der Waals surface area contributed by atoms with Gasteiger partial charge in [-0.1, -0.05) is 11.6 Å². The molecule has 0 aliphatic heterocycles. The van der Waals surface area contributed by atoms with Gasteiger partial charge in [0.2, 0.25) is 0 Å². The molecule has 84 valence electrons. The van der Waals surface area contributed by atoms with Crippen LogP contribution in [0.15, 0.2) is 10.7 Å². The van der Waals surface area contributed by atoms with Crippen LogP contribution in [0.25, 0.3) is 0 Å². The molecule has 1 aromatic heterocycles. The Morgan fingerprint density at radius 3 is 2.60 bits per heavy atom. The number of nitrogens with zero attached hydrogens (tertiary/aromatic N) is 1. The Balaban J connectivity index is 3.15. The number of alkyl halides is 3. The molecule has 0 aromatic carbocycles. The molecular formula is C7H5BrClF3N2O. The van der Waals surface area contributed by atoms with Crippen LogP contribution in [0.4, 0.5) is 13.2 Å². The van der Waals surface area contributed by atoms with Crippen LogP contribution in [0.5, 0.6) is 5.75 Å². The summed E-state index contributed by atoms with van der Waals surface area (Å²) in [6.07, 6.45) is -4.82. The molecule has 0 radical (unpaired) electrons. The summed E-state index contributed by atoms with van der Waals surface area (Å²) in [4.78, 5) is 3.57. The fourth-order valence-electron chi connectivity index (χ4n) is 0.894. The van der Waals surface area contributed by atoms with Gasteiger partial charge in [-0.15, -0.1) is 13.2 Å². The van der Waals surface area contributed by atoms with Gasteiger partial charge < -0.3 is 10.5 Å². The van der Waals surface area contributed by atoms with E-state index in [9.17, 15) is 13.2 Å². The normalized spacial score (nSPS) is 11.6. The Bertz CT molecular complexity index is 372. The Morgan fingerprint density at radius 2 is 2.13 bits per heavy atom. The Hall–Kier alpha value is -0.530. The van der Waals surface area contributed by atoms with E-state index in [1.807, 2.05) is 0 Å². The number of rotatable bonds is 2. The van der Waals surface area contributed by atoms with E-state index in [1.165, 1.54) is 6.07 Å². The number of pyridine rings is 1. The first-order chi connectivity index (χ1) is 6.83. The van der Waals surface area contributed by atoms with E-state index in [2.05, 4.69) is 25.7 Å². The van der Waals surface area contributed by atoms with Crippen LogP contribution in [-0.2, 0) is 6.54 Å². The molecule has 0 bridgehead atoms. The molecule has 8 heteroatoms. The van der Waals surface area contributed by atoms with Crippen LogP contribution in [0, 0.1) is 0 Å². The molecule has 0 unspecified atom stereocenters. The minimum Gasteiger partial charge on any atom is -0.402 e. The molecule has 0 fully saturated rings. The predicted molar refractivity (Wildman–Crippen MR) is 51.5 cm³/mol. The summed E-state index contributed by atoms with van der Waals surface area (Å²) in [6.45, 7) is -0.133. The summed E-state index contributed by atoms with van der Waals surface area (Å²) < 4.78 is 39.9. The average molecular weight is 305 g/mol. The third-order valence-electron chi connectivity index (χ3n) is 1.42. The lowest BCUT2D eigenvalue weighted by Gasteiger charge is -2.13. The molecule has 0 saturated heterocycles. The summed E-state index contributed by atoms with van der Waals surface area (Å²) >= 11 is 8.48. The second-order valence-corrected chi connectivity index (χ2v) is 3.65. The van der Waals surface area contributed by atoms with Gasteiger partial charge in [-0.25, -0.2) is 4.98 Å². The molecule has 3 nitrogen and oxygen atoms in total. The standard InChI is InChI=1S/C7H5BrClF3N2O/c8-4-1-3(2-13)5(6(9)14-4)15-7(10,11)12/h1H,2,13H2. The van der Waals surface area contributed by atoms with Crippen molar-refractivity contribution in [1.82, 2.24) is 4.98 Å². The molecule has 2 N–H and O–H groups in total. The van der Waals surface area contributed by atoms with Gasteiger partial charge in [0.05, 0.1) is 0 Å². The van der Waals surface area contributed by atoms with Gasteiger partial charge in [0.1, 0.15) is 4.60 Å². The number of hydrogen-bond donors (Lipinski definition) is 1. The first-order valence-corrected chi connectivity index (χ1v) is 4.81. The zero-order valence-corrected chi connectivity index (χ0v) is 9.45. The summed E-state index contributed by atoms with van der Waals surface area (Å²) in [5, 5.41) is -0.387. The lowest BCUT2D eigenvalue weighted by molar-refractivity contribution is -0.275. The van der Waals surface area contributed by atoms with E-state index < -0.39 is 12.1 Å². The summed E-state index contributed by atoms with van der Waals surface area (Å²) in [5.74, 6) is -0.560. The van der Waals surface area contributed by atoms with Crippen LogP contribution in [0.1, 0.15) is 5.56 Å². The lowest BCUT2D eigenvalue weighted by atomic mass is 10.2. The first kappa shape index (κ1) is 12.5. The molecule has 0 aliphatic rings. The quantitative estimate of drug-likeness (QED) is 0.855. The fourth-order valence-corrected chi connectivity index (χ4v) is 1.70. The molecule has 15 heavy (non-hydrogen) atoms. The van der Waals surface area contributed by atoms with Crippen molar-refractivity contribution in [1.29, 1.82) is 0 Å². The monoisotopic (exact) mass is 304 g/mol. The predicted octanol–water partition coefficient (Wildman–Crippen LogP) is 2.85. The minimum atomic E-state index is -4.82. The number of aromatic nitrogens is 1. The van der Waals surface area contributed by atoms with Gasteiger partial charge in [-0.05, 0) is 22.0 Å². The molecule has 0 atom stereocenters. The van der Waals surface area contributed by atoms with E-state index in [-0.39, 0.29) is 17.3 Å². The van der Waals surface area contributed by atoms with Gasteiger partial charge in [-0.3, -0.25) is 0 Å². The fraction of sp³-hybridized carbons (Fsp3) is 0.286. The Kier molecular flexibility index (Phi) is 3.80. The maximum Gasteiger partial charge on any atom is 0.573 e. The zero-order valence-electron chi connectivity index (χ0n) is 7.11. The van der Waals surface area contributed by atoms with Gasteiger partial charge in [0, 0.05) is 12.1 Å². The second-order valence-electron chi connectivity index (χ2n) is 2.48. The SMILES string of the molecule is NCc1cc(Br)nc(Cl)c1OC(F)(F)F. The number of halogens is 5. The highest BCUT2D eigenvalue weighted by Crippen LogP contribution is 2.33. The smallest absolute Gasteiger partial charge is 0.402 e. The van der Waals surface area contributed by atoms with Gasteiger partial charge in [0.15, 0.2) is 10.9 Å². The first-order valence-electron chi connectivity index (χ1n) is 3.64. The van der Waals surface area contributed by atoms with E-state index in [1.54, 1.807) is 0 Å². The van der Waals surface area contributed by atoms with E-state index >= 15 is 0 Å². The van der Waals surface area contributed by atoms with E-state index in [0.29, 0.717) is 4.60 Å². The topological polar surface area (TPSA) is 48.1 Å². The molecule has 0 amide bonds. The molecule has 1 aromatic rings. The molecule has 0 aliphatic carbocycles. The molecular weight excluding hydrogens is 300 g/mol. The molecule has 0 saturated carbocycles. The van der Waals surface area contributed by atoms with E-state index in [4.69, 9.17) is 17.3 Å². The third-order valence-corrected chi connectivity index (χ3v) is 2.08. The number of ether oxygens (including phenoxy) is 1. The number of nitrogens with two attached hydrogens (primary N) is 1. The minimum absolute atomic E-state index is 0.124.